The van der Waals surface area contributed by atoms with Crippen LogP contribution in [0.3, 0.4) is 0 Å². The smallest absolute Gasteiger partial charge is 0.335 e. The first kappa shape index (κ1) is 22.2. The molecule has 4 rings (SSSR count). The first-order valence-corrected chi connectivity index (χ1v) is 11.8. The summed E-state index contributed by atoms with van der Waals surface area (Å²) in [6.07, 6.45) is 2.59. The molecule has 0 radical (unpaired) electrons. The Hall–Kier alpha value is -4.03. The van der Waals surface area contributed by atoms with Gasteiger partial charge in [0, 0.05) is 17.8 Å². The fourth-order valence-corrected chi connectivity index (χ4v) is 4.68. The quantitative estimate of drug-likeness (QED) is 0.359. The lowest BCUT2D eigenvalue weighted by molar-refractivity contribution is 0.430. The fraction of sp³-hybridized carbons (Fsp3) is 0.0476. The molecule has 2 aromatic carbocycles. The number of rotatable bonds is 6. The maximum absolute atomic E-state index is 12.4. The van der Waals surface area contributed by atoms with E-state index < -0.39 is 27.2 Å². The summed E-state index contributed by atoms with van der Waals surface area (Å²) in [5.41, 5.74) is -0.161. The summed E-state index contributed by atoms with van der Waals surface area (Å²) in [6, 6.07) is 12.4. The van der Waals surface area contributed by atoms with Crippen LogP contribution in [0.5, 0.6) is 5.88 Å². The molecule has 0 aliphatic rings. The van der Waals surface area contributed by atoms with Gasteiger partial charge in [0.25, 0.3) is 15.6 Å². The van der Waals surface area contributed by atoms with Crippen molar-refractivity contribution >= 4 is 38.4 Å². The highest BCUT2D eigenvalue weighted by Crippen LogP contribution is 2.21. The van der Waals surface area contributed by atoms with Crippen molar-refractivity contribution in [3.8, 4) is 11.6 Å². The van der Waals surface area contributed by atoms with Gasteiger partial charge in [0.15, 0.2) is 5.13 Å². The number of nitrogens with zero attached hydrogens (tertiary/aromatic N) is 3. The molecule has 10 nitrogen and oxygen atoms in total. The number of thiazole rings is 1. The molecular formula is C21H17N5O5S2. The monoisotopic (exact) mass is 483 g/mol. The Labute approximate surface area is 191 Å². The highest BCUT2D eigenvalue weighted by molar-refractivity contribution is 7.93. The molecule has 0 bridgehead atoms. The van der Waals surface area contributed by atoms with Crippen LogP contribution in [-0.2, 0) is 10.0 Å². The van der Waals surface area contributed by atoms with Gasteiger partial charge in [-0.25, -0.2) is 22.8 Å². The number of anilines is 1. The number of benzene rings is 2. The zero-order valence-electron chi connectivity index (χ0n) is 17.1. The summed E-state index contributed by atoms with van der Waals surface area (Å²) in [6.45, 7) is 1.88. The van der Waals surface area contributed by atoms with Gasteiger partial charge in [-0.3, -0.25) is 19.5 Å². The van der Waals surface area contributed by atoms with Crippen LogP contribution in [-0.4, -0.2) is 34.3 Å². The number of aryl methyl sites for hydroxylation is 1. The number of sulfonamides is 1. The highest BCUT2D eigenvalue weighted by atomic mass is 32.2. The minimum absolute atomic E-state index is 0.00488. The van der Waals surface area contributed by atoms with Crippen molar-refractivity contribution < 1.29 is 13.5 Å². The minimum Gasteiger partial charge on any atom is -0.493 e. The van der Waals surface area contributed by atoms with Crippen molar-refractivity contribution in [1.29, 1.82) is 0 Å². The SMILES string of the molecule is Cc1ccc(-n2c(O)c(C=Nc3ccc(S(=O)(=O)Nc4nccs4)cc3)c(=O)[nH]c2=O)cc1. The first-order chi connectivity index (χ1) is 15.7. The van der Waals surface area contributed by atoms with E-state index in [1.807, 2.05) is 6.92 Å². The van der Waals surface area contributed by atoms with Crippen molar-refractivity contribution in [3.05, 3.63) is 92.1 Å². The average molecular weight is 484 g/mol. The van der Waals surface area contributed by atoms with E-state index in [-0.39, 0.29) is 15.6 Å². The number of hydrogen-bond acceptors (Lipinski definition) is 8. The zero-order valence-corrected chi connectivity index (χ0v) is 18.7. The Morgan fingerprint density at radius 2 is 1.82 bits per heavy atom. The van der Waals surface area contributed by atoms with Crippen molar-refractivity contribution in [2.24, 2.45) is 4.99 Å². The summed E-state index contributed by atoms with van der Waals surface area (Å²) in [5.74, 6) is -0.566. The molecule has 2 heterocycles. The molecule has 3 N–H and O–H groups in total. The molecule has 0 saturated carbocycles. The Kier molecular flexibility index (Phi) is 5.94. The van der Waals surface area contributed by atoms with E-state index in [4.69, 9.17) is 0 Å². The summed E-state index contributed by atoms with van der Waals surface area (Å²) >= 11 is 1.15. The number of H-pyrrole nitrogens is 1. The standard InChI is InChI=1S/C21H17N5O5S2/c1-13-2-6-15(7-3-13)26-19(28)17(18(27)24-21(26)29)12-23-14-4-8-16(9-5-14)33(30,31)25-20-22-10-11-32-20/h2-12,28H,1H3,(H,22,25)(H,24,27,29). The molecule has 0 fully saturated rings. The normalized spacial score (nSPS) is 11.7. The maximum atomic E-state index is 12.4. The van der Waals surface area contributed by atoms with E-state index in [2.05, 4.69) is 19.7 Å². The zero-order chi connectivity index (χ0) is 23.6. The van der Waals surface area contributed by atoms with Gasteiger partial charge in [0.2, 0.25) is 5.88 Å². The molecule has 168 valence electrons. The first-order valence-electron chi connectivity index (χ1n) is 9.46. The van der Waals surface area contributed by atoms with Crippen molar-refractivity contribution in [1.82, 2.24) is 14.5 Å². The van der Waals surface area contributed by atoms with Gasteiger partial charge in [-0.1, -0.05) is 17.7 Å². The van der Waals surface area contributed by atoms with Gasteiger partial charge in [-0.05, 0) is 43.3 Å². The Morgan fingerprint density at radius 3 is 2.45 bits per heavy atom. The largest absolute Gasteiger partial charge is 0.493 e. The third-order valence-electron chi connectivity index (χ3n) is 4.56. The highest BCUT2D eigenvalue weighted by Gasteiger charge is 2.16. The summed E-state index contributed by atoms with van der Waals surface area (Å²) in [4.78, 5) is 34.7. The second-order valence-electron chi connectivity index (χ2n) is 6.86. The van der Waals surface area contributed by atoms with E-state index in [9.17, 15) is 23.1 Å². The van der Waals surface area contributed by atoms with Crippen LogP contribution in [0.2, 0.25) is 0 Å². The third-order valence-corrected chi connectivity index (χ3v) is 6.73. The number of hydrogen-bond donors (Lipinski definition) is 3. The van der Waals surface area contributed by atoms with E-state index in [1.165, 1.54) is 30.5 Å². The van der Waals surface area contributed by atoms with Gasteiger partial charge in [-0.2, -0.15) is 0 Å². The van der Waals surface area contributed by atoms with Crippen molar-refractivity contribution in [2.45, 2.75) is 11.8 Å². The van der Waals surface area contributed by atoms with E-state index in [1.54, 1.807) is 29.6 Å². The van der Waals surface area contributed by atoms with Gasteiger partial charge < -0.3 is 5.11 Å². The lowest BCUT2D eigenvalue weighted by atomic mass is 10.2. The van der Waals surface area contributed by atoms with Crippen LogP contribution >= 0.6 is 11.3 Å². The number of aromatic amines is 1. The molecule has 0 spiro atoms. The second kappa shape index (κ2) is 8.84. The topological polar surface area (TPSA) is 147 Å². The lowest BCUT2D eigenvalue weighted by Gasteiger charge is -2.09. The number of aliphatic imine (C=N–C) groups is 1. The van der Waals surface area contributed by atoms with Gasteiger partial charge in [-0.15, -0.1) is 11.3 Å². The van der Waals surface area contributed by atoms with Crippen molar-refractivity contribution in [2.75, 3.05) is 4.72 Å². The van der Waals surface area contributed by atoms with Crippen LogP contribution in [0.1, 0.15) is 11.1 Å². The predicted octanol–water partition coefficient (Wildman–Crippen LogP) is 2.55. The summed E-state index contributed by atoms with van der Waals surface area (Å²) < 4.78 is 28.1. The molecule has 4 aromatic rings. The second-order valence-corrected chi connectivity index (χ2v) is 9.44. The Morgan fingerprint density at radius 1 is 1.12 bits per heavy atom. The molecule has 2 aromatic heterocycles. The van der Waals surface area contributed by atoms with E-state index in [0.717, 1.165) is 27.7 Å². The Balaban J connectivity index is 1.63. The molecule has 0 aliphatic heterocycles. The molecular weight excluding hydrogens is 466 g/mol. The fourth-order valence-electron chi connectivity index (χ4n) is 2.89. The number of aromatic hydroxyl groups is 1. The molecule has 0 aliphatic carbocycles. The van der Waals surface area contributed by atoms with Crippen LogP contribution in [0.15, 0.2) is 79.6 Å². The van der Waals surface area contributed by atoms with E-state index in [0.29, 0.717) is 11.4 Å². The van der Waals surface area contributed by atoms with E-state index >= 15 is 0 Å². The number of nitrogens with one attached hydrogen (secondary N) is 2. The molecule has 12 heteroatoms. The van der Waals surface area contributed by atoms with Gasteiger partial charge in [0.05, 0.1) is 16.3 Å². The molecule has 0 amide bonds. The van der Waals surface area contributed by atoms with Crippen LogP contribution < -0.4 is 16.0 Å². The summed E-state index contributed by atoms with van der Waals surface area (Å²) in [5, 5.41) is 12.5. The van der Waals surface area contributed by atoms with Crippen molar-refractivity contribution in [3.63, 3.8) is 0 Å². The van der Waals surface area contributed by atoms with Crippen LogP contribution in [0, 0.1) is 6.92 Å². The van der Waals surface area contributed by atoms with Gasteiger partial charge >= 0.3 is 5.69 Å². The Bertz CT molecular complexity index is 1540. The minimum atomic E-state index is -3.81. The van der Waals surface area contributed by atoms with Crippen LogP contribution in [0.25, 0.3) is 5.69 Å². The number of aromatic nitrogens is 3. The molecule has 0 unspecified atom stereocenters. The third kappa shape index (κ3) is 4.76. The molecule has 0 atom stereocenters. The molecule has 0 saturated heterocycles. The molecule has 33 heavy (non-hydrogen) atoms. The summed E-state index contributed by atoms with van der Waals surface area (Å²) in [7, 11) is -3.81. The van der Waals surface area contributed by atoms with Crippen LogP contribution in [0.4, 0.5) is 10.8 Å². The van der Waals surface area contributed by atoms with Gasteiger partial charge in [0.1, 0.15) is 5.56 Å². The maximum Gasteiger partial charge on any atom is 0.335 e. The average Bonchev–Trinajstić information content (AvgIpc) is 3.27. The predicted molar refractivity (Wildman–Crippen MR) is 126 cm³/mol. The lowest BCUT2D eigenvalue weighted by Crippen LogP contribution is -2.31.